The minimum atomic E-state index is -0.402. The molecule has 144 valence electrons. The van der Waals surface area contributed by atoms with Crippen molar-refractivity contribution in [2.75, 3.05) is 39.2 Å². The van der Waals surface area contributed by atoms with Gasteiger partial charge in [0.25, 0.3) is 0 Å². The Hall–Kier alpha value is -2.86. The van der Waals surface area contributed by atoms with Gasteiger partial charge in [0.15, 0.2) is 0 Å². The normalized spacial score (nSPS) is 10.5. The lowest BCUT2D eigenvalue weighted by Gasteiger charge is -2.17. The Bertz CT molecular complexity index is 759. The predicted octanol–water partition coefficient (Wildman–Crippen LogP) is 3.12. The molecule has 1 amide bonds. The van der Waals surface area contributed by atoms with E-state index in [4.69, 9.17) is 4.74 Å². The van der Waals surface area contributed by atoms with Gasteiger partial charge in [-0.15, -0.1) is 0 Å². The van der Waals surface area contributed by atoms with Crippen LogP contribution in [0.1, 0.15) is 22.3 Å². The maximum atomic E-state index is 12.1. The molecule has 0 fully saturated rings. The van der Waals surface area contributed by atoms with Crippen LogP contribution in [-0.4, -0.2) is 50.6 Å². The molecule has 27 heavy (non-hydrogen) atoms. The molecule has 2 aromatic carbocycles. The molecule has 0 saturated heterocycles. The Labute approximate surface area is 160 Å². The van der Waals surface area contributed by atoms with E-state index in [2.05, 4.69) is 10.1 Å². The van der Waals surface area contributed by atoms with Crippen LogP contribution in [0, 0.1) is 6.92 Å². The third-order valence-electron chi connectivity index (χ3n) is 4.04. The Morgan fingerprint density at radius 1 is 1.07 bits per heavy atom. The van der Waals surface area contributed by atoms with Crippen LogP contribution in [0.3, 0.4) is 0 Å². The zero-order valence-electron chi connectivity index (χ0n) is 16.0. The summed E-state index contributed by atoms with van der Waals surface area (Å²) in [4.78, 5) is 25.5. The van der Waals surface area contributed by atoms with E-state index >= 15 is 0 Å². The summed E-state index contributed by atoms with van der Waals surface area (Å²) in [5.41, 5.74) is 2.20. The lowest BCUT2D eigenvalue weighted by Crippen LogP contribution is -2.31. The molecule has 2 aromatic rings. The van der Waals surface area contributed by atoms with Gasteiger partial charge in [-0.2, -0.15) is 0 Å². The SMILES string of the molecule is COC(=O)c1ccc(NC(=O)CN(C)CCCOc2ccccc2C)cc1. The number of likely N-dealkylation sites (N-methyl/N-ethyl adjacent to an activating group) is 1. The molecule has 0 aliphatic carbocycles. The van der Waals surface area contributed by atoms with Gasteiger partial charge in [0.2, 0.25) is 5.91 Å². The van der Waals surface area contributed by atoms with E-state index in [9.17, 15) is 9.59 Å². The standard InChI is InChI=1S/C21H26N2O4/c1-16-7-4-5-8-19(16)27-14-6-13-23(2)15-20(24)22-18-11-9-17(10-12-18)21(25)26-3/h4-5,7-12H,6,13-15H2,1-3H3,(H,22,24). The Balaban J connectivity index is 1.69. The zero-order valence-corrected chi connectivity index (χ0v) is 16.0. The van der Waals surface area contributed by atoms with Crippen LogP contribution in [0.5, 0.6) is 5.75 Å². The first kappa shape index (κ1) is 20.5. The number of carbonyl (C=O) groups is 2. The number of amides is 1. The number of ether oxygens (including phenoxy) is 2. The van der Waals surface area contributed by atoms with Crippen LogP contribution in [0.2, 0.25) is 0 Å². The van der Waals surface area contributed by atoms with Crippen molar-refractivity contribution in [3.8, 4) is 5.75 Å². The number of anilines is 1. The largest absolute Gasteiger partial charge is 0.493 e. The van der Waals surface area contributed by atoms with Crippen molar-refractivity contribution >= 4 is 17.6 Å². The molecular formula is C21H26N2O4. The minimum absolute atomic E-state index is 0.108. The molecular weight excluding hydrogens is 344 g/mol. The topological polar surface area (TPSA) is 67.9 Å². The molecule has 0 radical (unpaired) electrons. The maximum Gasteiger partial charge on any atom is 0.337 e. The molecule has 0 aliphatic rings. The fourth-order valence-corrected chi connectivity index (χ4v) is 2.57. The van der Waals surface area contributed by atoms with E-state index in [0.717, 1.165) is 24.3 Å². The first-order valence-corrected chi connectivity index (χ1v) is 8.85. The van der Waals surface area contributed by atoms with Crippen LogP contribution in [0.4, 0.5) is 5.69 Å². The summed E-state index contributed by atoms with van der Waals surface area (Å²) in [6.45, 7) is 3.65. The molecule has 0 heterocycles. The van der Waals surface area contributed by atoms with Gasteiger partial charge in [-0.1, -0.05) is 18.2 Å². The number of hydrogen-bond acceptors (Lipinski definition) is 5. The third kappa shape index (κ3) is 6.75. The second kappa shape index (κ2) is 10.3. The third-order valence-corrected chi connectivity index (χ3v) is 4.04. The van der Waals surface area contributed by atoms with E-state index < -0.39 is 5.97 Å². The van der Waals surface area contributed by atoms with Crippen molar-refractivity contribution in [2.45, 2.75) is 13.3 Å². The molecule has 6 heteroatoms. The number of nitrogens with one attached hydrogen (secondary N) is 1. The molecule has 1 N–H and O–H groups in total. The second-order valence-corrected chi connectivity index (χ2v) is 6.32. The summed E-state index contributed by atoms with van der Waals surface area (Å²) in [5.74, 6) is 0.386. The monoisotopic (exact) mass is 370 g/mol. The van der Waals surface area contributed by atoms with Crippen molar-refractivity contribution in [1.29, 1.82) is 0 Å². The Kier molecular flexibility index (Phi) is 7.82. The molecule has 0 saturated carbocycles. The molecule has 0 atom stereocenters. The first-order chi connectivity index (χ1) is 13.0. The summed E-state index contributed by atoms with van der Waals surface area (Å²) in [7, 11) is 3.23. The highest BCUT2D eigenvalue weighted by Gasteiger charge is 2.09. The number of benzene rings is 2. The summed E-state index contributed by atoms with van der Waals surface area (Å²) in [5, 5.41) is 2.82. The van der Waals surface area contributed by atoms with Crippen LogP contribution in [0.25, 0.3) is 0 Å². The maximum absolute atomic E-state index is 12.1. The van der Waals surface area contributed by atoms with Crippen molar-refractivity contribution < 1.29 is 19.1 Å². The van der Waals surface area contributed by atoms with Crippen LogP contribution in [0.15, 0.2) is 48.5 Å². The number of para-hydroxylation sites is 1. The van der Waals surface area contributed by atoms with Crippen LogP contribution < -0.4 is 10.1 Å². The zero-order chi connectivity index (χ0) is 19.6. The highest BCUT2D eigenvalue weighted by Crippen LogP contribution is 2.16. The number of esters is 1. The number of carbonyl (C=O) groups excluding carboxylic acids is 2. The minimum Gasteiger partial charge on any atom is -0.493 e. The number of rotatable bonds is 9. The van der Waals surface area contributed by atoms with Gasteiger partial charge in [-0.25, -0.2) is 4.79 Å². The van der Waals surface area contributed by atoms with Crippen molar-refractivity contribution in [2.24, 2.45) is 0 Å². The Morgan fingerprint density at radius 3 is 2.44 bits per heavy atom. The molecule has 0 spiro atoms. The van der Waals surface area contributed by atoms with Gasteiger partial charge in [0.1, 0.15) is 5.75 Å². The smallest absolute Gasteiger partial charge is 0.337 e. The van der Waals surface area contributed by atoms with E-state index in [1.807, 2.05) is 43.1 Å². The van der Waals surface area contributed by atoms with Crippen molar-refractivity contribution in [3.63, 3.8) is 0 Å². The molecule has 0 bridgehead atoms. The Morgan fingerprint density at radius 2 is 1.78 bits per heavy atom. The number of methoxy groups -OCH3 is 1. The van der Waals surface area contributed by atoms with Gasteiger partial charge < -0.3 is 14.8 Å². The average Bonchev–Trinajstić information content (AvgIpc) is 2.66. The molecule has 0 aliphatic heterocycles. The van der Waals surface area contributed by atoms with Gasteiger partial charge in [0, 0.05) is 12.2 Å². The van der Waals surface area contributed by atoms with E-state index in [1.54, 1.807) is 24.3 Å². The van der Waals surface area contributed by atoms with E-state index in [-0.39, 0.29) is 12.5 Å². The lowest BCUT2D eigenvalue weighted by molar-refractivity contribution is -0.117. The number of aryl methyl sites for hydroxylation is 1. The van der Waals surface area contributed by atoms with E-state index in [0.29, 0.717) is 17.9 Å². The van der Waals surface area contributed by atoms with E-state index in [1.165, 1.54) is 7.11 Å². The molecule has 0 unspecified atom stereocenters. The van der Waals surface area contributed by atoms with Crippen LogP contribution in [-0.2, 0) is 9.53 Å². The second-order valence-electron chi connectivity index (χ2n) is 6.32. The highest BCUT2D eigenvalue weighted by atomic mass is 16.5. The van der Waals surface area contributed by atoms with Gasteiger partial charge in [-0.05, 0) is 56.3 Å². The average molecular weight is 370 g/mol. The van der Waals surface area contributed by atoms with Gasteiger partial charge in [-0.3, -0.25) is 9.69 Å². The summed E-state index contributed by atoms with van der Waals surface area (Å²) in [6, 6.07) is 14.5. The molecule has 0 aromatic heterocycles. The fourth-order valence-electron chi connectivity index (χ4n) is 2.57. The molecule has 2 rings (SSSR count). The summed E-state index contributed by atoms with van der Waals surface area (Å²) in [6.07, 6.45) is 0.825. The molecule has 6 nitrogen and oxygen atoms in total. The fraction of sp³-hybridized carbons (Fsp3) is 0.333. The number of nitrogens with zero attached hydrogens (tertiary/aromatic N) is 1. The number of hydrogen-bond donors (Lipinski definition) is 1. The lowest BCUT2D eigenvalue weighted by atomic mass is 10.2. The van der Waals surface area contributed by atoms with Gasteiger partial charge in [0.05, 0.1) is 25.8 Å². The van der Waals surface area contributed by atoms with Crippen molar-refractivity contribution in [3.05, 3.63) is 59.7 Å². The summed E-state index contributed by atoms with van der Waals surface area (Å²) < 4.78 is 10.4. The first-order valence-electron chi connectivity index (χ1n) is 8.85. The summed E-state index contributed by atoms with van der Waals surface area (Å²) >= 11 is 0. The van der Waals surface area contributed by atoms with Crippen molar-refractivity contribution in [1.82, 2.24) is 4.90 Å². The highest BCUT2D eigenvalue weighted by molar-refractivity contribution is 5.93. The predicted molar refractivity (Wildman–Crippen MR) is 105 cm³/mol. The quantitative estimate of drug-likeness (QED) is 0.543. The van der Waals surface area contributed by atoms with Crippen LogP contribution >= 0.6 is 0 Å². The van der Waals surface area contributed by atoms with Gasteiger partial charge >= 0.3 is 5.97 Å².